The van der Waals surface area contributed by atoms with Crippen LogP contribution in [0.5, 0.6) is 0 Å². The van der Waals surface area contributed by atoms with Crippen molar-refractivity contribution in [1.29, 1.82) is 0 Å². The first-order chi connectivity index (χ1) is 9.97. The van der Waals surface area contributed by atoms with Crippen LogP contribution in [0.2, 0.25) is 0 Å². The maximum absolute atomic E-state index is 12.3. The number of nitrogens with one attached hydrogen (secondary N) is 1. The maximum atomic E-state index is 12.3. The number of halogens is 1. The van der Waals surface area contributed by atoms with E-state index in [2.05, 4.69) is 25.8 Å². The zero-order valence-corrected chi connectivity index (χ0v) is 14.7. The van der Waals surface area contributed by atoms with Crippen molar-refractivity contribution in [3.8, 4) is 9.75 Å². The molecule has 0 unspecified atom stereocenters. The lowest BCUT2D eigenvalue weighted by atomic mass is 10.4. The summed E-state index contributed by atoms with van der Waals surface area (Å²) in [6, 6.07) is 7.27. The summed E-state index contributed by atoms with van der Waals surface area (Å²) in [6.45, 7) is 1.71. The van der Waals surface area contributed by atoms with Crippen molar-refractivity contribution in [2.24, 2.45) is 0 Å². The lowest BCUT2D eigenvalue weighted by Gasteiger charge is -2.02. The molecule has 0 saturated carbocycles. The van der Waals surface area contributed by atoms with E-state index in [-0.39, 0.29) is 10.1 Å². The van der Waals surface area contributed by atoms with Crippen molar-refractivity contribution < 1.29 is 12.9 Å². The Kier molecular flexibility index (Phi) is 3.91. The van der Waals surface area contributed by atoms with Gasteiger partial charge in [-0.1, -0.05) is 11.2 Å². The van der Waals surface area contributed by atoms with E-state index >= 15 is 0 Å². The highest BCUT2D eigenvalue weighted by Gasteiger charge is 2.22. The van der Waals surface area contributed by atoms with Crippen LogP contribution in [0.15, 0.2) is 42.9 Å². The molecule has 0 amide bonds. The number of hydrogen-bond acceptors (Lipinski definition) is 6. The fourth-order valence-corrected chi connectivity index (χ4v) is 5.12. The molecular formula is C12H9BrN2O3S3. The van der Waals surface area contributed by atoms with E-state index in [4.69, 9.17) is 4.52 Å². The third-order valence-electron chi connectivity index (χ3n) is 2.63. The number of sulfonamides is 1. The number of nitrogens with zero attached hydrogens (tertiary/aromatic N) is 1. The molecular weight excluding hydrogens is 396 g/mol. The molecule has 0 aliphatic carbocycles. The molecule has 110 valence electrons. The summed E-state index contributed by atoms with van der Waals surface area (Å²) in [7, 11) is -3.68. The number of hydrogen-bond donors (Lipinski definition) is 1. The molecule has 3 aromatic rings. The summed E-state index contributed by atoms with van der Waals surface area (Å²) in [5.41, 5.74) is 0.582. The average molecular weight is 405 g/mol. The minimum absolute atomic E-state index is 0.0820. The molecule has 0 aromatic carbocycles. The van der Waals surface area contributed by atoms with Gasteiger partial charge >= 0.3 is 0 Å². The van der Waals surface area contributed by atoms with Crippen LogP contribution < -0.4 is 4.72 Å². The Morgan fingerprint density at radius 1 is 1.29 bits per heavy atom. The van der Waals surface area contributed by atoms with Crippen molar-refractivity contribution in [3.63, 3.8) is 0 Å². The Morgan fingerprint density at radius 2 is 2.10 bits per heavy atom. The SMILES string of the molecule is Cc1noc(NS(=O)(=O)c2ccc(-c3cccs3)s2)c1Br. The Bertz CT molecular complexity index is 866. The van der Waals surface area contributed by atoms with Crippen LogP contribution in [0.1, 0.15) is 5.69 Å². The molecule has 0 aliphatic heterocycles. The molecule has 0 spiro atoms. The highest BCUT2D eigenvalue weighted by Crippen LogP contribution is 2.35. The van der Waals surface area contributed by atoms with Gasteiger partial charge in [0.25, 0.3) is 15.9 Å². The van der Waals surface area contributed by atoms with Crippen LogP contribution >= 0.6 is 38.6 Å². The highest BCUT2D eigenvalue weighted by atomic mass is 79.9. The number of aromatic nitrogens is 1. The van der Waals surface area contributed by atoms with E-state index in [1.165, 1.54) is 11.3 Å². The van der Waals surface area contributed by atoms with Crippen LogP contribution in [0.3, 0.4) is 0 Å². The third-order valence-corrected chi connectivity index (χ3v) is 7.54. The average Bonchev–Trinajstić information content (AvgIpc) is 3.14. The molecule has 9 heteroatoms. The summed E-state index contributed by atoms with van der Waals surface area (Å²) in [6.07, 6.45) is 0. The van der Waals surface area contributed by atoms with Gasteiger partial charge in [0.15, 0.2) is 0 Å². The molecule has 0 bridgehead atoms. The van der Waals surface area contributed by atoms with Crippen molar-refractivity contribution in [3.05, 3.63) is 39.8 Å². The molecule has 0 atom stereocenters. The first-order valence-electron chi connectivity index (χ1n) is 5.75. The monoisotopic (exact) mass is 404 g/mol. The highest BCUT2D eigenvalue weighted by molar-refractivity contribution is 9.10. The zero-order chi connectivity index (χ0) is 15.0. The number of aryl methyl sites for hydroxylation is 1. The largest absolute Gasteiger partial charge is 0.336 e. The molecule has 0 radical (unpaired) electrons. The standard InChI is InChI=1S/C12H9BrN2O3S3/c1-7-11(13)12(18-14-7)15-21(16,17)10-5-4-9(20-10)8-3-2-6-19-8/h2-6,15H,1H3. The molecule has 0 saturated heterocycles. The second-order valence-corrected chi connectivity index (χ2v) is 8.85. The number of rotatable bonds is 4. The first-order valence-corrected chi connectivity index (χ1v) is 9.73. The van der Waals surface area contributed by atoms with E-state index in [9.17, 15) is 8.42 Å². The zero-order valence-electron chi connectivity index (χ0n) is 10.7. The van der Waals surface area contributed by atoms with Crippen LogP contribution in [0.4, 0.5) is 5.88 Å². The molecule has 3 aromatic heterocycles. The fraction of sp³-hybridized carbons (Fsp3) is 0.0833. The molecule has 1 N–H and O–H groups in total. The second kappa shape index (κ2) is 5.56. The molecule has 3 heterocycles. The summed E-state index contributed by atoms with van der Waals surface area (Å²) in [5.74, 6) is 0.0820. The van der Waals surface area contributed by atoms with E-state index in [1.54, 1.807) is 30.4 Å². The smallest absolute Gasteiger partial charge is 0.273 e. The molecule has 5 nitrogen and oxygen atoms in total. The lowest BCUT2D eigenvalue weighted by Crippen LogP contribution is -2.11. The minimum atomic E-state index is -3.68. The topological polar surface area (TPSA) is 72.2 Å². The van der Waals surface area contributed by atoms with E-state index in [0.717, 1.165) is 9.75 Å². The van der Waals surface area contributed by atoms with Gasteiger partial charge in [-0.3, -0.25) is 0 Å². The first kappa shape index (κ1) is 14.8. The number of anilines is 1. The lowest BCUT2D eigenvalue weighted by molar-refractivity contribution is 0.430. The molecule has 0 fully saturated rings. The Balaban J connectivity index is 1.90. The molecule has 0 aliphatic rings. The quantitative estimate of drug-likeness (QED) is 0.701. The van der Waals surface area contributed by atoms with Crippen molar-refractivity contribution in [2.45, 2.75) is 11.1 Å². The van der Waals surface area contributed by atoms with E-state index in [1.807, 2.05) is 17.5 Å². The third kappa shape index (κ3) is 2.91. The molecule has 21 heavy (non-hydrogen) atoms. The van der Waals surface area contributed by atoms with Gasteiger partial charge in [0.1, 0.15) is 8.68 Å². The van der Waals surface area contributed by atoms with Crippen LogP contribution in [0, 0.1) is 6.92 Å². The van der Waals surface area contributed by atoms with Crippen LogP contribution in [-0.4, -0.2) is 13.6 Å². The van der Waals surface area contributed by atoms with E-state index < -0.39 is 10.0 Å². The van der Waals surface area contributed by atoms with Crippen molar-refractivity contribution in [1.82, 2.24) is 5.16 Å². The van der Waals surface area contributed by atoms with Gasteiger partial charge in [-0.25, -0.2) is 13.1 Å². The predicted octanol–water partition coefficient (Wildman–Crippen LogP) is 4.34. The molecule has 3 rings (SSSR count). The predicted molar refractivity (Wildman–Crippen MR) is 87.4 cm³/mol. The summed E-state index contributed by atoms with van der Waals surface area (Å²) < 4.78 is 32.8. The van der Waals surface area contributed by atoms with Gasteiger partial charge in [-0.2, -0.15) is 0 Å². The number of thiophene rings is 2. The van der Waals surface area contributed by atoms with E-state index in [0.29, 0.717) is 10.2 Å². The van der Waals surface area contributed by atoms with Gasteiger partial charge in [0, 0.05) is 9.75 Å². The Hall–Kier alpha value is -1.16. The summed E-state index contributed by atoms with van der Waals surface area (Å²) in [5, 5.41) is 5.65. The Morgan fingerprint density at radius 3 is 2.71 bits per heavy atom. The normalized spacial score (nSPS) is 11.7. The summed E-state index contributed by atoms with van der Waals surface area (Å²) >= 11 is 6.01. The van der Waals surface area contributed by atoms with Gasteiger partial charge in [-0.15, -0.1) is 22.7 Å². The van der Waals surface area contributed by atoms with Gasteiger partial charge in [0.05, 0.1) is 5.69 Å². The fourth-order valence-electron chi connectivity index (χ4n) is 1.61. The minimum Gasteiger partial charge on any atom is -0.336 e. The van der Waals surface area contributed by atoms with Gasteiger partial charge < -0.3 is 4.52 Å². The second-order valence-electron chi connectivity index (χ2n) is 4.11. The van der Waals surface area contributed by atoms with Crippen molar-refractivity contribution >= 4 is 54.5 Å². The Labute approximate surface area is 137 Å². The van der Waals surface area contributed by atoms with Crippen LogP contribution in [-0.2, 0) is 10.0 Å². The van der Waals surface area contributed by atoms with Gasteiger partial charge in [-0.05, 0) is 46.4 Å². The maximum Gasteiger partial charge on any atom is 0.273 e. The summed E-state index contributed by atoms with van der Waals surface area (Å²) in [4.78, 5) is 1.95. The van der Waals surface area contributed by atoms with Crippen molar-refractivity contribution in [2.75, 3.05) is 4.72 Å². The van der Waals surface area contributed by atoms with Crippen LogP contribution in [0.25, 0.3) is 9.75 Å². The van der Waals surface area contributed by atoms with Gasteiger partial charge in [0.2, 0.25) is 0 Å².